The number of hydrogen-bond acceptors (Lipinski definition) is 4. The van der Waals surface area contributed by atoms with E-state index in [1.54, 1.807) is 12.4 Å². The van der Waals surface area contributed by atoms with Gasteiger partial charge in [-0.25, -0.2) is 4.98 Å². The van der Waals surface area contributed by atoms with Crippen LogP contribution in [0.4, 0.5) is 5.95 Å². The third-order valence-corrected chi connectivity index (χ3v) is 2.49. The lowest BCUT2D eigenvalue weighted by atomic mass is 10.1. The SMILES string of the molecule is O=C(COC1CCNCC1)Nc1ncc[nH]1. The van der Waals surface area contributed by atoms with Gasteiger partial charge in [0.25, 0.3) is 5.91 Å². The molecule has 1 aromatic heterocycles. The second-order valence-corrected chi connectivity index (χ2v) is 3.75. The summed E-state index contributed by atoms with van der Waals surface area (Å²) in [6.45, 7) is 2.01. The molecule has 16 heavy (non-hydrogen) atoms. The number of ether oxygens (including phenoxy) is 1. The van der Waals surface area contributed by atoms with E-state index in [0.717, 1.165) is 25.9 Å². The summed E-state index contributed by atoms with van der Waals surface area (Å²) in [5.41, 5.74) is 0. The van der Waals surface area contributed by atoms with Gasteiger partial charge in [-0.15, -0.1) is 0 Å². The van der Waals surface area contributed by atoms with E-state index in [0.29, 0.717) is 5.95 Å². The molecular weight excluding hydrogens is 208 g/mol. The molecule has 3 N–H and O–H groups in total. The molecule has 0 bridgehead atoms. The van der Waals surface area contributed by atoms with Crippen molar-refractivity contribution in [3.63, 3.8) is 0 Å². The summed E-state index contributed by atoms with van der Waals surface area (Å²) in [4.78, 5) is 18.1. The fourth-order valence-corrected chi connectivity index (χ4v) is 1.66. The maximum Gasteiger partial charge on any atom is 0.252 e. The van der Waals surface area contributed by atoms with Crippen LogP contribution in [0.25, 0.3) is 0 Å². The Bertz CT molecular complexity index is 320. The van der Waals surface area contributed by atoms with Crippen LogP contribution in [0.3, 0.4) is 0 Å². The molecule has 88 valence electrons. The van der Waals surface area contributed by atoms with Crippen LogP contribution in [0.1, 0.15) is 12.8 Å². The van der Waals surface area contributed by atoms with Crippen LogP contribution in [-0.2, 0) is 9.53 Å². The Hall–Kier alpha value is -1.40. The molecule has 6 heteroatoms. The quantitative estimate of drug-likeness (QED) is 0.678. The average molecular weight is 224 g/mol. The average Bonchev–Trinajstić information content (AvgIpc) is 2.81. The smallest absolute Gasteiger partial charge is 0.252 e. The third-order valence-electron chi connectivity index (χ3n) is 2.49. The van der Waals surface area contributed by atoms with Crippen LogP contribution in [-0.4, -0.2) is 41.7 Å². The fourth-order valence-electron chi connectivity index (χ4n) is 1.66. The Morgan fingerprint density at radius 3 is 3.06 bits per heavy atom. The van der Waals surface area contributed by atoms with E-state index in [4.69, 9.17) is 4.74 Å². The topological polar surface area (TPSA) is 79.0 Å². The summed E-state index contributed by atoms with van der Waals surface area (Å²) >= 11 is 0. The maximum atomic E-state index is 11.4. The summed E-state index contributed by atoms with van der Waals surface area (Å²) in [6, 6.07) is 0. The van der Waals surface area contributed by atoms with Crippen LogP contribution < -0.4 is 10.6 Å². The molecule has 1 fully saturated rings. The molecule has 0 radical (unpaired) electrons. The van der Waals surface area contributed by atoms with Crippen molar-refractivity contribution in [1.29, 1.82) is 0 Å². The van der Waals surface area contributed by atoms with E-state index in [9.17, 15) is 4.79 Å². The van der Waals surface area contributed by atoms with Gasteiger partial charge in [-0.3, -0.25) is 10.1 Å². The van der Waals surface area contributed by atoms with E-state index in [-0.39, 0.29) is 18.6 Å². The van der Waals surface area contributed by atoms with Crippen LogP contribution in [0.15, 0.2) is 12.4 Å². The first-order valence-corrected chi connectivity index (χ1v) is 5.46. The monoisotopic (exact) mass is 224 g/mol. The Morgan fingerprint density at radius 2 is 2.38 bits per heavy atom. The van der Waals surface area contributed by atoms with Crippen LogP contribution in [0.2, 0.25) is 0 Å². The van der Waals surface area contributed by atoms with Crippen LogP contribution in [0, 0.1) is 0 Å². The molecule has 1 aliphatic rings. The zero-order chi connectivity index (χ0) is 11.2. The molecule has 1 aromatic rings. The molecule has 6 nitrogen and oxygen atoms in total. The highest BCUT2D eigenvalue weighted by Gasteiger charge is 2.14. The van der Waals surface area contributed by atoms with Crippen molar-refractivity contribution in [3.05, 3.63) is 12.4 Å². The molecule has 0 spiro atoms. The highest BCUT2D eigenvalue weighted by atomic mass is 16.5. The molecule has 2 rings (SSSR count). The standard InChI is InChI=1S/C10H16N4O2/c15-9(14-10-12-5-6-13-10)7-16-8-1-3-11-4-2-8/h5-6,8,11H,1-4,7H2,(H2,12,13,14,15). The van der Waals surface area contributed by atoms with Gasteiger partial charge in [-0.1, -0.05) is 0 Å². The van der Waals surface area contributed by atoms with E-state index in [2.05, 4.69) is 20.6 Å². The minimum Gasteiger partial charge on any atom is -0.368 e. The summed E-state index contributed by atoms with van der Waals surface area (Å²) in [7, 11) is 0. The van der Waals surface area contributed by atoms with Gasteiger partial charge in [0.1, 0.15) is 6.61 Å². The van der Waals surface area contributed by atoms with Gasteiger partial charge in [-0.2, -0.15) is 0 Å². The molecule has 0 aromatic carbocycles. The van der Waals surface area contributed by atoms with Gasteiger partial charge in [0, 0.05) is 12.4 Å². The molecule has 1 amide bonds. The largest absolute Gasteiger partial charge is 0.368 e. The van der Waals surface area contributed by atoms with Crippen molar-refractivity contribution >= 4 is 11.9 Å². The number of aromatic nitrogens is 2. The van der Waals surface area contributed by atoms with Gasteiger partial charge in [0.15, 0.2) is 0 Å². The number of aromatic amines is 1. The summed E-state index contributed by atoms with van der Waals surface area (Å²) in [6.07, 6.45) is 5.37. The summed E-state index contributed by atoms with van der Waals surface area (Å²) in [5, 5.41) is 5.86. The first-order chi connectivity index (χ1) is 7.84. The highest BCUT2D eigenvalue weighted by Crippen LogP contribution is 2.06. The zero-order valence-electron chi connectivity index (χ0n) is 9.03. The van der Waals surface area contributed by atoms with Crippen LogP contribution in [0.5, 0.6) is 0 Å². The number of nitrogens with one attached hydrogen (secondary N) is 3. The third kappa shape index (κ3) is 3.32. The lowest BCUT2D eigenvalue weighted by Crippen LogP contribution is -2.34. The number of piperidine rings is 1. The lowest BCUT2D eigenvalue weighted by Gasteiger charge is -2.22. The van der Waals surface area contributed by atoms with Crippen molar-refractivity contribution in [1.82, 2.24) is 15.3 Å². The molecule has 0 saturated carbocycles. The minimum absolute atomic E-state index is 0.0887. The predicted molar refractivity (Wildman–Crippen MR) is 59.1 cm³/mol. The number of H-pyrrole nitrogens is 1. The number of imidazole rings is 1. The van der Waals surface area contributed by atoms with Crippen LogP contribution >= 0.6 is 0 Å². The van der Waals surface area contributed by atoms with Crippen molar-refractivity contribution in [2.75, 3.05) is 25.0 Å². The van der Waals surface area contributed by atoms with Gasteiger partial charge < -0.3 is 15.0 Å². The molecule has 0 atom stereocenters. The molecule has 2 heterocycles. The first-order valence-electron chi connectivity index (χ1n) is 5.46. The van der Waals surface area contributed by atoms with E-state index in [1.165, 1.54) is 0 Å². The predicted octanol–water partition coefficient (Wildman–Crippen LogP) is 0.117. The highest BCUT2D eigenvalue weighted by molar-refractivity contribution is 5.89. The molecular formula is C10H16N4O2. The Kier molecular flexibility index (Phi) is 3.90. The fraction of sp³-hybridized carbons (Fsp3) is 0.600. The number of carbonyl (C=O) groups is 1. The van der Waals surface area contributed by atoms with E-state index < -0.39 is 0 Å². The van der Waals surface area contributed by atoms with Gasteiger partial charge >= 0.3 is 0 Å². The first kappa shape index (κ1) is 11.1. The van der Waals surface area contributed by atoms with Crippen molar-refractivity contribution in [3.8, 4) is 0 Å². The second-order valence-electron chi connectivity index (χ2n) is 3.75. The zero-order valence-corrected chi connectivity index (χ0v) is 9.03. The second kappa shape index (κ2) is 5.62. The number of carbonyl (C=O) groups excluding carboxylic acids is 1. The number of amides is 1. The molecule has 1 saturated heterocycles. The molecule has 0 aliphatic carbocycles. The molecule has 1 aliphatic heterocycles. The Labute approximate surface area is 93.8 Å². The lowest BCUT2D eigenvalue weighted by molar-refractivity contribution is -0.123. The normalized spacial score (nSPS) is 17.2. The van der Waals surface area contributed by atoms with E-state index >= 15 is 0 Å². The van der Waals surface area contributed by atoms with E-state index in [1.807, 2.05) is 0 Å². The van der Waals surface area contributed by atoms with Gasteiger partial charge in [0.2, 0.25) is 5.95 Å². The maximum absolute atomic E-state index is 11.4. The number of rotatable bonds is 4. The summed E-state index contributed by atoms with van der Waals surface area (Å²) in [5.74, 6) is 0.285. The van der Waals surface area contributed by atoms with Gasteiger partial charge in [-0.05, 0) is 25.9 Å². The number of nitrogens with zero attached hydrogens (tertiary/aromatic N) is 1. The van der Waals surface area contributed by atoms with Crippen molar-refractivity contribution in [2.45, 2.75) is 18.9 Å². The number of hydrogen-bond donors (Lipinski definition) is 3. The Balaban J connectivity index is 1.67. The summed E-state index contributed by atoms with van der Waals surface area (Å²) < 4.78 is 5.50. The number of anilines is 1. The van der Waals surface area contributed by atoms with Crippen molar-refractivity contribution < 1.29 is 9.53 Å². The minimum atomic E-state index is -0.173. The van der Waals surface area contributed by atoms with Gasteiger partial charge in [0.05, 0.1) is 6.10 Å². The molecule has 0 unspecified atom stereocenters. The van der Waals surface area contributed by atoms with Crippen molar-refractivity contribution in [2.24, 2.45) is 0 Å². The Morgan fingerprint density at radius 1 is 1.56 bits per heavy atom.